The average molecular weight is 302 g/mol. The molecule has 1 N–H and O–H groups in total. The third kappa shape index (κ3) is 2.46. The molecule has 1 fully saturated rings. The first-order chi connectivity index (χ1) is 9.25. The molecule has 0 amide bonds. The quantitative estimate of drug-likeness (QED) is 0.876. The summed E-state index contributed by atoms with van der Waals surface area (Å²) in [6, 6.07) is 0. The van der Waals surface area contributed by atoms with Crippen molar-refractivity contribution < 1.29 is 22.7 Å². The normalized spacial score (nSPS) is 18.4. The number of carboxylic acids is 1. The number of furan rings is 1. The molecule has 1 aliphatic rings. The number of rotatable bonds is 3. The number of carbonyl (C=O) groups is 1. The van der Waals surface area contributed by atoms with E-state index in [4.69, 9.17) is 4.42 Å². The van der Waals surface area contributed by atoms with Crippen LogP contribution >= 0.6 is 0 Å². The highest BCUT2D eigenvalue weighted by molar-refractivity contribution is 7.89. The van der Waals surface area contributed by atoms with E-state index < -0.39 is 16.0 Å². The van der Waals surface area contributed by atoms with Gasteiger partial charge in [0.05, 0.1) is 0 Å². The predicted octanol–water partition coefficient (Wildman–Crippen LogP) is 0.531. The number of aryl methyl sites for hydroxylation is 2. The van der Waals surface area contributed by atoms with Crippen molar-refractivity contribution in [2.75, 3.05) is 33.2 Å². The largest absolute Gasteiger partial charge is 0.478 e. The summed E-state index contributed by atoms with van der Waals surface area (Å²) in [6.07, 6.45) is 0. The van der Waals surface area contributed by atoms with Gasteiger partial charge in [-0.05, 0) is 20.9 Å². The first-order valence-electron chi connectivity index (χ1n) is 6.27. The highest BCUT2D eigenvalue weighted by atomic mass is 32.2. The number of nitrogens with zero attached hydrogens (tertiary/aromatic N) is 2. The summed E-state index contributed by atoms with van der Waals surface area (Å²) in [7, 11) is -1.92. The van der Waals surface area contributed by atoms with Crippen molar-refractivity contribution in [1.29, 1.82) is 0 Å². The predicted molar refractivity (Wildman–Crippen MR) is 71.4 cm³/mol. The fourth-order valence-corrected chi connectivity index (χ4v) is 4.17. The molecule has 0 bridgehead atoms. The van der Waals surface area contributed by atoms with Gasteiger partial charge in [0.1, 0.15) is 22.0 Å². The summed E-state index contributed by atoms with van der Waals surface area (Å²) < 4.78 is 31.8. The zero-order chi connectivity index (χ0) is 15.1. The summed E-state index contributed by atoms with van der Waals surface area (Å²) in [6.45, 7) is 4.88. The molecule has 8 heteroatoms. The maximum atomic E-state index is 12.6. The van der Waals surface area contributed by atoms with Crippen LogP contribution in [0, 0.1) is 13.8 Å². The molecule has 0 aromatic carbocycles. The van der Waals surface area contributed by atoms with E-state index in [2.05, 4.69) is 0 Å². The van der Waals surface area contributed by atoms with Gasteiger partial charge in [0.2, 0.25) is 10.0 Å². The molecule has 7 nitrogen and oxygen atoms in total. The molecule has 1 aromatic heterocycles. The Labute approximate surface area is 117 Å². The molecule has 0 unspecified atom stereocenters. The molecule has 0 spiro atoms. The van der Waals surface area contributed by atoms with Crippen molar-refractivity contribution >= 4 is 16.0 Å². The van der Waals surface area contributed by atoms with Gasteiger partial charge in [-0.2, -0.15) is 4.31 Å². The minimum absolute atomic E-state index is 0.114. The van der Waals surface area contributed by atoms with Gasteiger partial charge in [-0.1, -0.05) is 0 Å². The Hall–Kier alpha value is -1.38. The SMILES string of the molecule is Cc1oc(C)c(S(=O)(=O)N2CCN(C)CC2)c1C(=O)O. The minimum atomic E-state index is -3.84. The van der Waals surface area contributed by atoms with E-state index in [1.54, 1.807) is 0 Å². The second-order valence-electron chi connectivity index (χ2n) is 4.93. The Morgan fingerprint density at radius 2 is 1.70 bits per heavy atom. The lowest BCUT2D eigenvalue weighted by atomic mass is 10.2. The maximum absolute atomic E-state index is 12.6. The molecular weight excluding hydrogens is 284 g/mol. The Morgan fingerprint density at radius 3 is 2.20 bits per heavy atom. The van der Waals surface area contributed by atoms with Crippen LogP contribution in [0.2, 0.25) is 0 Å². The molecule has 20 heavy (non-hydrogen) atoms. The van der Waals surface area contributed by atoms with Gasteiger partial charge in [0.15, 0.2) is 0 Å². The molecule has 0 radical (unpaired) electrons. The standard InChI is InChI=1S/C12H18N2O5S/c1-8-10(12(15)16)11(9(2)19-8)20(17,18)14-6-4-13(3)5-7-14/h4-7H2,1-3H3,(H,15,16). The van der Waals surface area contributed by atoms with Crippen LogP contribution in [0.5, 0.6) is 0 Å². The molecule has 0 saturated carbocycles. The van der Waals surface area contributed by atoms with Gasteiger partial charge in [0.25, 0.3) is 0 Å². The fourth-order valence-electron chi connectivity index (χ4n) is 2.38. The Morgan fingerprint density at radius 1 is 1.15 bits per heavy atom. The Kier molecular flexibility index (Phi) is 3.90. The number of hydrogen-bond acceptors (Lipinski definition) is 5. The van der Waals surface area contributed by atoms with E-state index in [0.717, 1.165) is 0 Å². The fraction of sp³-hybridized carbons (Fsp3) is 0.583. The lowest BCUT2D eigenvalue weighted by Gasteiger charge is -2.31. The number of aromatic carboxylic acids is 1. The van der Waals surface area contributed by atoms with Crippen LogP contribution in [0.1, 0.15) is 21.9 Å². The van der Waals surface area contributed by atoms with E-state index in [0.29, 0.717) is 26.2 Å². The third-order valence-electron chi connectivity index (χ3n) is 3.48. The van der Waals surface area contributed by atoms with Crippen molar-refractivity contribution in [3.8, 4) is 0 Å². The number of carboxylic acid groups (broad SMARTS) is 1. The molecule has 2 heterocycles. The number of sulfonamides is 1. The van der Waals surface area contributed by atoms with Crippen molar-refractivity contribution in [2.45, 2.75) is 18.7 Å². The second kappa shape index (κ2) is 5.19. The average Bonchev–Trinajstić information content (AvgIpc) is 2.65. The van der Waals surface area contributed by atoms with Crippen molar-refractivity contribution in [2.24, 2.45) is 0 Å². The summed E-state index contributed by atoms with van der Waals surface area (Å²) in [5.41, 5.74) is -0.263. The maximum Gasteiger partial charge on any atom is 0.340 e. The number of hydrogen-bond donors (Lipinski definition) is 1. The second-order valence-corrected chi connectivity index (χ2v) is 6.81. The lowest BCUT2D eigenvalue weighted by molar-refractivity contribution is 0.0691. The van der Waals surface area contributed by atoms with Crippen molar-refractivity contribution in [1.82, 2.24) is 9.21 Å². The lowest BCUT2D eigenvalue weighted by Crippen LogP contribution is -2.47. The van der Waals surface area contributed by atoms with Gasteiger partial charge in [-0.15, -0.1) is 0 Å². The van der Waals surface area contributed by atoms with Crippen LogP contribution in [0.25, 0.3) is 0 Å². The van der Waals surface area contributed by atoms with Crippen molar-refractivity contribution in [3.05, 3.63) is 17.1 Å². The van der Waals surface area contributed by atoms with Gasteiger partial charge in [-0.3, -0.25) is 0 Å². The van der Waals surface area contributed by atoms with Crippen LogP contribution in [-0.2, 0) is 10.0 Å². The van der Waals surface area contributed by atoms with Crippen molar-refractivity contribution in [3.63, 3.8) is 0 Å². The first-order valence-corrected chi connectivity index (χ1v) is 7.71. The van der Waals surface area contributed by atoms with Gasteiger partial charge < -0.3 is 14.4 Å². The van der Waals surface area contributed by atoms with E-state index in [1.165, 1.54) is 18.2 Å². The smallest absolute Gasteiger partial charge is 0.340 e. The molecule has 0 aliphatic carbocycles. The first kappa shape index (κ1) is 15.0. The molecular formula is C12H18N2O5S. The number of likely N-dealkylation sites (N-methyl/N-ethyl adjacent to an activating group) is 1. The summed E-state index contributed by atoms with van der Waals surface area (Å²) in [5, 5.41) is 9.21. The van der Waals surface area contributed by atoms with Gasteiger partial charge >= 0.3 is 5.97 Å². The molecule has 1 aliphatic heterocycles. The molecule has 112 valence electrons. The highest BCUT2D eigenvalue weighted by Crippen LogP contribution is 2.29. The summed E-state index contributed by atoms with van der Waals surface area (Å²) >= 11 is 0. The molecule has 0 atom stereocenters. The van der Waals surface area contributed by atoms with Gasteiger partial charge in [0, 0.05) is 26.2 Å². The van der Waals surface area contributed by atoms with Crippen LogP contribution in [0.3, 0.4) is 0 Å². The van der Waals surface area contributed by atoms with Crippen LogP contribution in [0.15, 0.2) is 9.31 Å². The summed E-state index contributed by atoms with van der Waals surface area (Å²) in [5.74, 6) is -1.05. The third-order valence-corrected chi connectivity index (χ3v) is 5.53. The minimum Gasteiger partial charge on any atom is -0.478 e. The number of piperazine rings is 1. The van der Waals surface area contributed by atoms with E-state index in [9.17, 15) is 18.3 Å². The summed E-state index contributed by atoms with van der Waals surface area (Å²) in [4.78, 5) is 13.1. The van der Waals surface area contributed by atoms with Crippen LogP contribution < -0.4 is 0 Å². The topological polar surface area (TPSA) is 91.1 Å². The van der Waals surface area contributed by atoms with Gasteiger partial charge in [-0.25, -0.2) is 13.2 Å². The Bertz CT molecular complexity index is 627. The van der Waals surface area contributed by atoms with E-state index in [-0.39, 0.29) is 22.0 Å². The van der Waals surface area contributed by atoms with E-state index >= 15 is 0 Å². The van der Waals surface area contributed by atoms with Crippen LogP contribution in [0.4, 0.5) is 0 Å². The monoisotopic (exact) mass is 302 g/mol. The van der Waals surface area contributed by atoms with Crippen LogP contribution in [-0.4, -0.2) is 61.9 Å². The molecule has 2 rings (SSSR count). The molecule has 1 aromatic rings. The van der Waals surface area contributed by atoms with E-state index in [1.807, 2.05) is 11.9 Å². The molecule has 1 saturated heterocycles. The zero-order valence-electron chi connectivity index (χ0n) is 11.7. The zero-order valence-corrected chi connectivity index (χ0v) is 12.5. The Balaban J connectivity index is 2.47. The highest BCUT2D eigenvalue weighted by Gasteiger charge is 2.36.